The summed E-state index contributed by atoms with van der Waals surface area (Å²) < 4.78 is 4.86. The van der Waals surface area contributed by atoms with Crippen molar-refractivity contribution in [2.45, 2.75) is 97.5 Å². The molecule has 0 aromatic rings. The molecule has 0 aromatic heterocycles. The molecule has 1 N–H and O–H groups in total. The fourth-order valence-electron chi connectivity index (χ4n) is 8.87. The first-order valence-corrected chi connectivity index (χ1v) is 12.1. The van der Waals surface area contributed by atoms with Gasteiger partial charge in [0.1, 0.15) is 0 Å². The number of esters is 1. The van der Waals surface area contributed by atoms with Gasteiger partial charge in [-0.2, -0.15) is 0 Å². The summed E-state index contributed by atoms with van der Waals surface area (Å²) in [4.78, 5) is 11.6. The van der Waals surface area contributed by atoms with Gasteiger partial charge in [0.25, 0.3) is 0 Å². The first kappa shape index (κ1) is 20.7. The van der Waals surface area contributed by atoms with E-state index < -0.39 is 0 Å². The fraction of sp³-hybridized carbons (Fsp3) is 0.960. The molecule has 4 saturated carbocycles. The van der Waals surface area contributed by atoms with Crippen LogP contribution < -0.4 is 0 Å². The van der Waals surface area contributed by atoms with Gasteiger partial charge in [-0.05, 0) is 97.7 Å². The van der Waals surface area contributed by atoms with Crippen molar-refractivity contribution in [2.24, 2.45) is 46.3 Å². The Balaban J connectivity index is 1.54. The van der Waals surface area contributed by atoms with Crippen LogP contribution in [0.2, 0.25) is 0 Å². The molecule has 4 rings (SSSR count). The van der Waals surface area contributed by atoms with E-state index in [9.17, 15) is 9.90 Å². The van der Waals surface area contributed by atoms with Crippen LogP contribution in [0, 0.1) is 46.3 Å². The van der Waals surface area contributed by atoms with E-state index in [0.29, 0.717) is 29.6 Å². The lowest BCUT2D eigenvalue weighted by molar-refractivity contribution is -0.168. The molecule has 160 valence electrons. The monoisotopic (exact) mass is 390 g/mol. The maximum absolute atomic E-state index is 11.6. The largest absolute Gasteiger partial charge is 0.469 e. The number of ether oxygens (including phenoxy) is 1. The molecule has 0 aliphatic heterocycles. The predicted octanol–water partition coefficient (Wildman–Crippen LogP) is 5.60. The summed E-state index contributed by atoms with van der Waals surface area (Å²) in [5, 5.41) is 11.5. The molecule has 4 aliphatic rings. The molecule has 4 aliphatic carbocycles. The normalized spacial score (nSPS) is 48.9. The van der Waals surface area contributed by atoms with Gasteiger partial charge >= 0.3 is 5.97 Å². The van der Waals surface area contributed by atoms with Crippen LogP contribution in [0.4, 0.5) is 0 Å². The summed E-state index contributed by atoms with van der Waals surface area (Å²) in [7, 11) is 1.48. The fourth-order valence-corrected chi connectivity index (χ4v) is 8.87. The first-order valence-electron chi connectivity index (χ1n) is 12.1. The average molecular weight is 391 g/mol. The van der Waals surface area contributed by atoms with Crippen LogP contribution in [-0.2, 0) is 9.53 Å². The molecule has 0 heterocycles. The van der Waals surface area contributed by atoms with Gasteiger partial charge < -0.3 is 9.84 Å². The highest BCUT2D eigenvalue weighted by Gasteiger charge is 2.63. The van der Waals surface area contributed by atoms with Gasteiger partial charge in [0.05, 0.1) is 13.2 Å². The number of aliphatic hydroxyl groups excluding tert-OH is 1. The van der Waals surface area contributed by atoms with Gasteiger partial charge in [-0.1, -0.05) is 33.6 Å². The van der Waals surface area contributed by atoms with Crippen LogP contribution in [0.15, 0.2) is 0 Å². The average Bonchev–Trinajstić information content (AvgIpc) is 3.05. The van der Waals surface area contributed by atoms with E-state index in [-0.39, 0.29) is 17.5 Å². The molecule has 0 spiro atoms. The van der Waals surface area contributed by atoms with Crippen LogP contribution in [0.3, 0.4) is 0 Å². The molecule has 0 bridgehead atoms. The van der Waals surface area contributed by atoms with E-state index in [4.69, 9.17) is 4.74 Å². The molecule has 3 nitrogen and oxygen atoms in total. The zero-order chi connectivity index (χ0) is 20.1. The SMILES string of the molecule is COC(=O)CC[C@H](C)[C@H]1CCC2C3CC[C@@H]4CCCC[C@]4(C)C3C[C@H](O)[C@@]21C. The summed E-state index contributed by atoms with van der Waals surface area (Å²) in [5.74, 6) is 4.02. The highest BCUT2D eigenvalue weighted by atomic mass is 16.5. The lowest BCUT2D eigenvalue weighted by Gasteiger charge is -2.62. The van der Waals surface area contributed by atoms with E-state index >= 15 is 0 Å². The molecule has 28 heavy (non-hydrogen) atoms. The molecule has 3 unspecified atom stereocenters. The number of carbonyl (C=O) groups is 1. The number of rotatable bonds is 4. The van der Waals surface area contributed by atoms with Gasteiger partial charge in [-0.25, -0.2) is 0 Å². The lowest BCUT2D eigenvalue weighted by Crippen LogP contribution is -2.58. The van der Waals surface area contributed by atoms with Crippen molar-refractivity contribution in [1.29, 1.82) is 0 Å². The van der Waals surface area contributed by atoms with Crippen LogP contribution in [0.1, 0.15) is 91.4 Å². The van der Waals surface area contributed by atoms with Crippen molar-refractivity contribution in [3.8, 4) is 0 Å². The van der Waals surface area contributed by atoms with Crippen molar-refractivity contribution in [2.75, 3.05) is 7.11 Å². The Morgan fingerprint density at radius 3 is 2.64 bits per heavy atom. The second kappa shape index (κ2) is 7.60. The standard InChI is InChI=1S/C25H42O3/c1-16(8-13-23(27)28-4)19-11-12-20-18-10-9-17-7-5-6-14-24(17,2)21(18)15-22(26)25(19,20)3/h16-22,26H,5-15H2,1-4H3/t16-,17-,18?,19+,20?,21?,22-,24-,25+/m0/s1. The Hall–Kier alpha value is -0.570. The number of fused-ring (bicyclic) bond motifs is 5. The Morgan fingerprint density at radius 1 is 1.11 bits per heavy atom. The minimum Gasteiger partial charge on any atom is -0.469 e. The zero-order valence-corrected chi connectivity index (χ0v) is 18.6. The molecular formula is C25H42O3. The van der Waals surface area contributed by atoms with Gasteiger partial charge in [0.15, 0.2) is 0 Å². The van der Waals surface area contributed by atoms with Crippen LogP contribution in [0.25, 0.3) is 0 Å². The topological polar surface area (TPSA) is 46.5 Å². The van der Waals surface area contributed by atoms with Crippen molar-refractivity contribution in [3.05, 3.63) is 0 Å². The summed E-state index contributed by atoms with van der Waals surface area (Å²) in [6, 6.07) is 0. The van der Waals surface area contributed by atoms with Crippen LogP contribution in [0.5, 0.6) is 0 Å². The molecule has 3 heteroatoms. The highest BCUT2D eigenvalue weighted by molar-refractivity contribution is 5.69. The number of carbonyl (C=O) groups excluding carboxylic acids is 1. The maximum Gasteiger partial charge on any atom is 0.305 e. The molecule has 0 aromatic carbocycles. The van der Waals surface area contributed by atoms with Gasteiger partial charge in [-0.15, -0.1) is 0 Å². The summed E-state index contributed by atoms with van der Waals surface area (Å²) in [6.45, 7) is 7.29. The van der Waals surface area contributed by atoms with Crippen molar-refractivity contribution >= 4 is 5.97 Å². The number of hydrogen-bond donors (Lipinski definition) is 1. The van der Waals surface area contributed by atoms with Crippen LogP contribution >= 0.6 is 0 Å². The summed E-state index contributed by atoms with van der Waals surface area (Å²) >= 11 is 0. The Kier molecular flexibility index (Phi) is 5.61. The Labute approximate surface area is 172 Å². The minimum absolute atomic E-state index is 0.0363. The van der Waals surface area contributed by atoms with Crippen molar-refractivity contribution in [1.82, 2.24) is 0 Å². The second-order valence-corrected chi connectivity index (χ2v) is 11.3. The van der Waals surface area contributed by atoms with Crippen LogP contribution in [-0.4, -0.2) is 24.3 Å². The summed E-state index contributed by atoms with van der Waals surface area (Å²) in [6.07, 6.45) is 13.2. The van der Waals surface area contributed by atoms with Crippen molar-refractivity contribution in [3.63, 3.8) is 0 Å². The molecular weight excluding hydrogens is 348 g/mol. The Morgan fingerprint density at radius 2 is 1.89 bits per heavy atom. The quantitative estimate of drug-likeness (QED) is 0.636. The third-order valence-corrected chi connectivity index (χ3v) is 10.5. The van der Waals surface area contributed by atoms with E-state index in [1.165, 1.54) is 58.5 Å². The van der Waals surface area contributed by atoms with E-state index in [2.05, 4.69) is 20.8 Å². The minimum atomic E-state index is -0.177. The second-order valence-electron chi connectivity index (χ2n) is 11.3. The summed E-state index contributed by atoms with van der Waals surface area (Å²) in [5.41, 5.74) is 0.507. The number of aliphatic hydroxyl groups is 1. The smallest absolute Gasteiger partial charge is 0.305 e. The number of hydrogen-bond acceptors (Lipinski definition) is 3. The highest BCUT2D eigenvalue weighted by Crippen LogP contribution is 2.68. The third kappa shape index (κ3) is 3.06. The molecule has 9 atom stereocenters. The van der Waals surface area contributed by atoms with E-state index in [1.807, 2.05) is 0 Å². The maximum atomic E-state index is 11.6. The van der Waals surface area contributed by atoms with Crippen molar-refractivity contribution < 1.29 is 14.6 Å². The van der Waals surface area contributed by atoms with E-state index in [1.54, 1.807) is 0 Å². The molecule has 0 amide bonds. The lowest BCUT2D eigenvalue weighted by atomic mass is 9.44. The third-order valence-electron chi connectivity index (χ3n) is 10.5. The molecule has 0 saturated heterocycles. The molecule has 4 fully saturated rings. The van der Waals surface area contributed by atoms with Gasteiger partial charge in [-0.3, -0.25) is 4.79 Å². The first-order chi connectivity index (χ1) is 13.3. The zero-order valence-electron chi connectivity index (χ0n) is 18.6. The van der Waals surface area contributed by atoms with Gasteiger partial charge in [0, 0.05) is 6.42 Å². The predicted molar refractivity (Wildman–Crippen MR) is 112 cm³/mol. The van der Waals surface area contributed by atoms with E-state index in [0.717, 1.165) is 30.6 Å². The molecule has 0 radical (unpaired) electrons. The van der Waals surface area contributed by atoms with Gasteiger partial charge in [0.2, 0.25) is 0 Å². The number of methoxy groups -OCH3 is 1. The Bertz CT molecular complexity index is 588.